The van der Waals surface area contributed by atoms with Crippen molar-refractivity contribution in [3.63, 3.8) is 0 Å². The molecule has 0 bridgehead atoms. The largest absolute Gasteiger partial charge is 0.512 e. The molecule has 1 radical (unpaired) electrons. The number of aliphatic hydroxyl groups excluding tert-OH is 1. The number of aryl methyl sites for hydroxylation is 2. The number of rotatable bonds is 8. The first-order valence-corrected chi connectivity index (χ1v) is 13.3. The molecule has 237 valence electrons. The van der Waals surface area contributed by atoms with Crippen molar-refractivity contribution in [1.82, 2.24) is 4.98 Å². The second-order valence-electron chi connectivity index (χ2n) is 10.2. The zero-order chi connectivity index (χ0) is 31.6. The first kappa shape index (κ1) is 37.7. The number of carbonyl (C=O) groups is 1. The molecule has 1 aromatic heterocycles. The fourth-order valence-corrected chi connectivity index (χ4v) is 4.66. The van der Waals surface area contributed by atoms with Gasteiger partial charge in [-0.25, -0.2) is 0 Å². The van der Waals surface area contributed by atoms with Crippen LogP contribution >= 0.6 is 0 Å². The zero-order valence-electron chi connectivity index (χ0n) is 24.0. The van der Waals surface area contributed by atoms with E-state index in [-0.39, 0.29) is 67.0 Å². The van der Waals surface area contributed by atoms with Crippen LogP contribution in [0.2, 0.25) is 0 Å². The minimum atomic E-state index is -6.28. The third kappa shape index (κ3) is 6.90. The Bertz CT molecular complexity index is 1250. The van der Waals surface area contributed by atoms with Crippen LogP contribution in [-0.2, 0) is 36.7 Å². The maximum absolute atomic E-state index is 14.1. The van der Waals surface area contributed by atoms with Crippen molar-refractivity contribution in [2.45, 2.75) is 90.9 Å². The number of carbonyl (C=O) groups excluding carboxylic acids is 1. The van der Waals surface area contributed by atoms with E-state index in [1.165, 1.54) is 12.1 Å². The maximum atomic E-state index is 14.1. The van der Waals surface area contributed by atoms with E-state index in [9.17, 15) is 45.0 Å². The van der Waals surface area contributed by atoms with Crippen LogP contribution in [0.1, 0.15) is 75.6 Å². The van der Waals surface area contributed by atoms with Crippen molar-refractivity contribution >= 4 is 5.78 Å². The minimum Gasteiger partial charge on any atom is -0.512 e. The molecule has 1 N–H and O–H groups in total. The van der Waals surface area contributed by atoms with E-state index in [2.05, 4.69) is 11.1 Å². The van der Waals surface area contributed by atoms with E-state index >= 15 is 0 Å². The summed E-state index contributed by atoms with van der Waals surface area (Å²) < 4.78 is 110. The normalized spacial score (nSPS) is 18.0. The number of alkyl halides is 8. The van der Waals surface area contributed by atoms with Crippen LogP contribution in [0.15, 0.2) is 36.2 Å². The van der Waals surface area contributed by atoms with Gasteiger partial charge in [-0.15, -0.1) is 34.9 Å². The Labute approximate surface area is 254 Å². The molecule has 42 heavy (non-hydrogen) atoms. The molecule has 0 saturated carbocycles. The van der Waals surface area contributed by atoms with E-state index in [1.54, 1.807) is 19.9 Å². The number of pyridine rings is 1. The Morgan fingerprint density at radius 2 is 1.31 bits per heavy atom. The van der Waals surface area contributed by atoms with Gasteiger partial charge in [0, 0.05) is 49.8 Å². The number of fused-ring (bicyclic) bond motifs is 1. The monoisotopic (exact) mass is 785 g/mol. The molecule has 1 heterocycles. The van der Waals surface area contributed by atoms with Gasteiger partial charge in [-0.05, 0) is 31.4 Å². The molecule has 0 saturated heterocycles. The minimum absolute atomic E-state index is 0. The summed E-state index contributed by atoms with van der Waals surface area (Å²) in [5.74, 6) is -23.0. The van der Waals surface area contributed by atoms with E-state index in [4.69, 9.17) is 0 Å². The molecule has 0 spiro atoms. The number of halogens is 8. The Morgan fingerprint density at radius 1 is 0.833 bits per heavy atom. The number of nitrogens with zero attached hydrogens (tertiary/aromatic N) is 1. The third-order valence-electron chi connectivity index (χ3n) is 7.27. The summed E-state index contributed by atoms with van der Waals surface area (Å²) in [4.78, 5) is 15.2. The van der Waals surface area contributed by atoms with Gasteiger partial charge >= 0.3 is 23.7 Å². The van der Waals surface area contributed by atoms with E-state index in [0.717, 1.165) is 25.7 Å². The van der Waals surface area contributed by atoms with Crippen molar-refractivity contribution in [2.24, 2.45) is 11.8 Å². The molecule has 1 aromatic carbocycles. The average molecular weight is 785 g/mol. The quantitative estimate of drug-likeness (QED) is 0.126. The molecule has 0 fully saturated rings. The topological polar surface area (TPSA) is 50.2 Å². The third-order valence-corrected chi connectivity index (χ3v) is 7.27. The van der Waals surface area contributed by atoms with Crippen molar-refractivity contribution in [2.75, 3.05) is 0 Å². The Kier molecular flexibility index (Phi) is 12.5. The molecule has 0 atom stereocenters. The van der Waals surface area contributed by atoms with Crippen molar-refractivity contribution in [3.05, 3.63) is 64.6 Å². The second-order valence-corrected chi connectivity index (χ2v) is 10.2. The Balaban J connectivity index is 0.000000476. The van der Waals surface area contributed by atoms with Crippen LogP contribution in [-0.4, -0.2) is 27.7 Å². The smallest absolute Gasteiger partial charge is 0.383 e. The van der Waals surface area contributed by atoms with Crippen molar-refractivity contribution in [1.29, 1.82) is 0 Å². The molecular formula is C30H34F8IrNO2-. The SMILES string of the molecule is CCC(CC)C(=O)/C=C(\O)C(CC)CC.Cc1[c-]c(-c2cc3c(cn2)C(F)(F)C(F)(F)C(F)(F)C3(F)F)cc(C)c1.[Ir]. The molecule has 3 rings (SSSR count). The number of hydrogen-bond donors (Lipinski definition) is 1. The van der Waals surface area contributed by atoms with Crippen LogP contribution in [0.5, 0.6) is 0 Å². The Morgan fingerprint density at radius 3 is 1.76 bits per heavy atom. The molecule has 2 aromatic rings. The molecular weight excluding hydrogens is 751 g/mol. The van der Waals surface area contributed by atoms with E-state index < -0.39 is 34.8 Å². The van der Waals surface area contributed by atoms with Gasteiger partial charge in [-0.2, -0.15) is 35.1 Å². The summed E-state index contributed by atoms with van der Waals surface area (Å²) in [5.41, 5.74) is -2.85. The van der Waals surface area contributed by atoms with Gasteiger partial charge in [0.05, 0.1) is 11.3 Å². The van der Waals surface area contributed by atoms with Crippen LogP contribution in [0.25, 0.3) is 11.3 Å². The standard InChI is InChI=1S/C17H10F8N.C13H24O2.Ir/c1-8-3-9(2)5-10(4-8)13-6-11-12(7-26-13)15(20,21)17(24,25)16(22,23)14(11,18)19;1-5-10(6-2)12(14)9-13(15)11(7-3)8-4;/h3-4,6-7H,1-2H3;9-11,14H,5-8H2,1-4H3;/q-1;;/b;12-9-;. The van der Waals surface area contributed by atoms with Gasteiger partial charge in [0.25, 0.3) is 0 Å². The first-order valence-electron chi connectivity index (χ1n) is 13.3. The summed E-state index contributed by atoms with van der Waals surface area (Å²) in [6.45, 7) is 11.3. The number of hydrogen-bond acceptors (Lipinski definition) is 3. The molecule has 1 aliphatic rings. The van der Waals surface area contributed by atoms with E-state index in [1.807, 2.05) is 27.7 Å². The van der Waals surface area contributed by atoms with Crippen molar-refractivity contribution in [3.8, 4) is 11.3 Å². The van der Waals surface area contributed by atoms with Gasteiger partial charge in [-0.3, -0.25) is 4.79 Å². The van der Waals surface area contributed by atoms with Gasteiger partial charge in [0.2, 0.25) is 0 Å². The van der Waals surface area contributed by atoms with Crippen LogP contribution in [0.4, 0.5) is 35.1 Å². The summed E-state index contributed by atoms with van der Waals surface area (Å²) in [6, 6.07) is 6.12. The van der Waals surface area contributed by atoms with Gasteiger partial charge in [-0.1, -0.05) is 47.6 Å². The number of aromatic nitrogens is 1. The molecule has 3 nitrogen and oxygen atoms in total. The fraction of sp³-hybridized carbons (Fsp3) is 0.533. The second kappa shape index (κ2) is 14.0. The predicted molar refractivity (Wildman–Crippen MR) is 140 cm³/mol. The number of aliphatic hydroxyl groups is 1. The first-order chi connectivity index (χ1) is 18.8. The van der Waals surface area contributed by atoms with Gasteiger partial charge in [0.1, 0.15) is 0 Å². The van der Waals surface area contributed by atoms with Crippen LogP contribution in [0.3, 0.4) is 0 Å². The number of benzene rings is 1. The van der Waals surface area contributed by atoms with Crippen molar-refractivity contribution < 1.29 is 65.1 Å². The van der Waals surface area contributed by atoms with E-state index in [0.29, 0.717) is 11.1 Å². The average Bonchev–Trinajstić information content (AvgIpc) is 2.88. The predicted octanol–water partition coefficient (Wildman–Crippen LogP) is 9.50. The number of allylic oxidation sites excluding steroid dienone is 2. The molecule has 12 heteroatoms. The zero-order valence-corrected chi connectivity index (χ0v) is 26.4. The van der Waals surface area contributed by atoms with Crippen LogP contribution < -0.4 is 0 Å². The molecule has 0 aliphatic heterocycles. The summed E-state index contributed by atoms with van der Waals surface area (Å²) in [6.07, 6.45) is 5.00. The van der Waals surface area contributed by atoms with Gasteiger partial charge in [0.15, 0.2) is 5.78 Å². The van der Waals surface area contributed by atoms with Gasteiger partial charge < -0.3 is 10.1 Å². The Hall–Kier alpha value is -2.33. The molecule has 0 amide bonds. The summed E-state index contributed by atoms with van der Waals surface area (Å²) in [5, 5.41) is 9.76. The number of ketones is 1. The summed E-state index contributed by atoms with van der Waals surface area (Å²) >= 11 is 0. The molecule has 0 unspecified atom stereocenters. The van der Waals surface area contributed by atoms with Crippen LogP contribution in [0, 0.1) is 31.7 Å². The maximum Gasteiger partial charge on any atom is 0.383 e. The molecule has 1 aliphatic carbocycles. The summed E-state index contributed by atoms with van der Waals surface area (Å²) in [7, 11) is 0. The fourth-order valence-electron chi connectivity index (χ4n) is 4.66.